The van der Waals surface area contributed by atoms with Gasteiger partial charge in [-0.15, -0.1) is 0 Å². The summed E-state index contributed by atoms with van der Waals surface area (Å²) in [5.41, 5.74) is -0.874. The van der Waals surface area contributed by atoms with Gasteiger partial charge in [0.15, 0.2) is 0 Å². The molecule has 0 spiro atoms. The zero-order valence-electron chi connectivity index (χ0n) is 14.6. The van der Waals surface area contributed by atoms with Crippen molar-refractivity contribution in [1.29, 1.82) is 0 Å². The number of amides is 1. The predicted molar refractivity (Wildman–Crippen MR) is 96.7 cm³/mol. The average molecular weight is 428 g/mol. The number of rotatable bonds is 5. The first-order chi connectivity index (χ1) is 12.2. The molecule has 0 unspecified atom stereocenters. The molecule has 2 heterocycles. The standard InChI is InChI=1S/C16H19BrFN5O3/c1-16(2,3)21-14(24)26-9-11(7-18)8-23-15(25)22(10-19-23)13-6-4-5-12(17)20-13/h4-7,10H,8-9H2,1-3H3,(H,21,24)/b11-7+. The zero-order chi connectivity index (χ0) is 19.3. The Bertz CT molecular complexity index is 869. The van der Waals surface area contributed by atoms with E-state index in [0.717, 1.165) is 4.68 Å². The van der Waals surface area contributed by atoms with Gasteiger partial charge in [-0.1, -0.05) is 6.07 Å². The number of carbonyl (C=O) groups is 1. The third-order valence-electron chi connectivity index (χ3n) is 3.05. The van der Waals surface area contributed by atoms with Gasteiger partial charge in [0, 0.05) is 11.1 Å². The number of nitrogens with zero attached hydrogens (tertiary/aromatic N) is 4. The normalized spacial score (nSPS) is 12.1. The third kappa shape index (κ3) is 5.51. The van der Waals surface area contributed by atoms with Crippen molar-refractivity contribution in [2.45, 2.75) is 32.9 Å². The minimum atomic E-state index is -0.673. The van der Waals surface area contributed by atoms with Gasteiger partial charge in [0.25, 0.3) is 0 Å². The highest BCUT2D eigenvalue weighted by Gasteiger charge is 2.16. The summed E-state index contributed by atoms with van der Waals surface area (Å²) in [5.74, 6) is 0.377. The van der Waals surface area contributed by atoms with E-state index in [1.165, 1.54) is 10.9 Å². The number of hydrogen-bond donors (Lipinski definition) is 1. The van der Waals surface area contributed by atoms with Crippen molar-refractivity contribution in [3.05, 3.63) is 51.5 Å². The maximum absolute atomic E-state index is 13.1. The number of pyridine rings is 1. The fourth-order valence-corrected chi connectivity index (χ4v) is 2.27. The summed E-state index contributed by atoms with van der Waals surface area (Å²) in [6.07, 6.45) is 0.917. The average Bonchev–Trinajstić information content (AvgIpc) is 2.90. The quantitative estimate of drug-likeness (QED) is 0.740. The Balaban J connectivity index is 2.06. The van der Waals surface area contributed by atoms with Gasteiger partial charge >= 0.3 is 11.8 Å². The number of aromatic nitrogens is 4. The van der Waals surface area contributed by atoms with Crippen molar-refractivity contribution in [3.63, 3.8) is 0 Å². The molecule has 1 N–H and O–H groups in total. The largest absolute Gasteiger partial charge is 0.445 e. The van der Waals surface area contributed by atoms with Crippen LogP contribution in [-0.2, 0) is 11.3 Å². The second-order valence-electron chi connectivity index (χ2n) is 6.48. The Morgan fingerprint density at radius 2 is 2.15 bits per heavy atom. The van der Waals surface area contributed by atoms with Crippen LogP contribution in [0.15, 0.2) is 45.8 Å². The number of carbonyl (C=O) groups excluding carboxylic acids is 1. The van der Waals surface area contributed by atoms with Gasteiger partial charge in [0.05, 0.1) is 12.9 Å². The first-order valence-corrected chi connectivity index (χ1v) is 8.49. The van der Waals surface area contributed by atoms with Crippen LogP contribution in [0.2, 0.25) is 0 Å². The Labute approximate surface area is 157 Å². The molecule has 0 aliphatic heterocycles. The van der Waals surface area contributed by atoms with Crippen LogP contribution in [0.25, 0.3) is 5.82 Å². The number of hydrogen-bond acceptors (Lipinski definition) is 5. The molecule has 0 aromatic carbocycles. The molecule has 2 aromatic rings. The molecule has 0 saturated heterocycles. The second-order valence-corrected chi connectivity index (χ2v) is 7.29. The summed E-state index contributed by atoms with van der Waals surface area (Å²) in [7, 11) is 0. The third-order valence-corrected chi connectivity index (χ3v) is 3.50. The summed E-state index contributed by atoms with van der Waals surface area (Å²) in [6.45, 7) is 4.93. The SMILES string of the molecule is CC(C)(C)NC(=O)OC/C(=C/F)Cn1ncn(-c2cccc(Br)n2)c1=O. The van der Waals surface area contributed by atoms with E-state index in [2.05, 4.69) is 31.3 Å². The van der Waals surface area contributed by atoms with Gasteiger partial charge < -0.3 is 10.1 Å². The van der Waals surface area contributed by atoms with Crippen molar-refractivity contribution >= 4 is 22.0 Å². The van der Waals surface area contributed by atoms with E-state index in [-0.39, 0.29) is 18.7 Å². The van der Waals surface area contributed by atoms with Crippen LogP contribution in [0, 0.1) is 0 Å². The molecule has 0 atom stereocenters. The van der Waals surface area contributed by atoms with E-state index in [0.29, 0.717) is 16.8 Å². The molecule has 1 amide bonds. The lowest BCUT2D eigenvalue weighted by atomic mass is 10.1. The van der Waals surface area contributed by atoms with Crippen molar-refractivity contribution in [2.24, 2.45) is 0 Å². The van der Waals surface area contributed by atoms with Crippen LogP contribution in [-0.4, -0.2) is 37.6 Å². The Hall–Kier alpha value is -2.49. The summed E-state index contributed by atoms with van der Waals surface area (Å²) < 4.78 is 20.9. The van der Waals surface area contributed by atoms with Crippen LogP contribution >= 0.6 is 15.9 Å². The van der Waals surface area contributed by atoms with Crippen LogP contribution in [0.4, 0.5) is 9.18 Å². The van der Waals surface area contributed by atoms with Crippen molar-refractivity contribution < 1.29 is 13.9 Å². The summed E-state index contributed by atoms with van der Waals surface area (Å²) in [5, 5.41) is 6.54. The molecule has 0 radical (unpaired) electrons. The summed E-state index contributed by atoms with van der Waals surface area (Å²) in [4.78, 5) is 28.2. The number of halogens is 2. The lowest BCUT2D eigenvalue weighted by molar-refractivity contribution is 0.145. The minimum Gasteiger partial charge on any atom is -0.445 e. The Kier molecular flexibility index (Phi) is 6.30. The highest BCUT2D eigenvalue weighted by molar-refractivity contribution is 9.10. The van der Waals surface area contributed by atoms with E-state index in [9.17, 15) is 14.0 Å². The van der Waals surface area contributed by atoms with E-state index in [1.54, 1.807) is 39.0 Å². The Morgan fingerprint density at radius 3 is 2.77 bits per heavy atom. The predicted octanol–water partition coefficient (Wildman–Crippen LogP) is 2.57. The maximum atomic E-state index is 13.1. The van der Waals surface area contributed by atoms with Crippen LogP contribution in [0.3, 0.4) is 0 Å². The topological polar surface area (TPSA) is 91.0 Å². The lowest BCUT2D eigenvalue weighted by Gasteiger charge is -2.20. The van der Waals surface area contributed by atoms with Gasteiger partial charge in [-0.05, 0) is 48.8 Å². The van der Waals surface area contributed by atoms with Crippen LogP contribution in [0.5, 0.6) is 0 Å². The molecule has 10 heteroatoms. The number of nitrogens with one attached hydrogen (secondary N) is 1. The number of alkyl carbamates (subject to hydrolysis) is 1. The lowest BCUT2D eigenvalue weighted by Crippen LogP contribution is -2.41. The van der Waals surface area contributed by atoms with Crippen molar-refractivity contribution in [2.75, 3.05) is 6.61 Å². The van der Waals surface area contributed by atoms with E-state index in [4.69, 9.17) is 4.74 Å². The molecule has 2 aromatic heterocycles. The van der Waals surface area contributed by atoms with Gasteiger partial charge in [-0.2, -0.15) is 5.10 Å². The molecule has 26 heavy (non-hydrogen) atoms. The molecule has 0 fully saturated rings. The molecule has 0 bridgehead atoms. The molecule has 0 saturated carbocycles. The fraction of sp³-hybridized carbons (Fsp3) is 0.375. The van der Waals surface area contributed by atoms with Gasteiger partial charge in [-0.3, -0.25) is 0 Å². The van der Waals surface area contributed by atoms with Gasteiger partial charge in [-0.25, -0.2) is 28.2 Å². The first-order valence-electron chi connectivity index (χ1n) is 7.70. The van der Waals surface area contributed by atoms with Crippen molar-refractivity contribution in [3.8, 4) is 5.82 Å². The van der Waals surface area contributed by atoms with Crippen LogP contribution < -0.4 is 11.0 Å². The monoisotopic (exact) mass is 427 g/mol. The highest BCUT2D eigenvalue weighted by Crippen LogP contribution is 2.09. The Morgan fingerprint density at radius 1 is 1.42 bits per heavy atom. The van der Waals surface area contributed by atoms with Crippen molar-refractivity contribution in [1.82, 2.24) is 24.6 Å². The van der Waals surface area contributed by atoms with E-state index in [1.807, 2.05) is 0 Å². The van der Waals surface area contributed by atoms with Gasteiger partial charge in [0.2, 0.25) is 0 Å². The summed E-state index contributed by atoms with van der Waals surface area (Å²) in [6, 6.07) is 5.09. The molecule has 0 aliphatic carbocycles. The van der Waals surface area contributed by atoms with E-state index >= 15 is 0 Å². The minimum absolute atomic E-state index is 0.0867. The molecule has 2 rings (SSSR count). The molecular weight excluding hydrogens is 409 g/mol. The molecule has 140 valence electrons. The molecular formula is C16H19BrFN5O3. The zero-order valence-corrected chi connectivity index (χ0v) is 16.2. The molecule has 8 nitrogen and oxygen atoms in total. The highest BCUT2D eigenvalue weighted by atomic mass is 79.9. The van der Waals surface area contributed by atoms with E-state index < -0.39 is 17.3 Å². The first kappa shape index (κ1) is 19.8. The number of ether oxygens (including phenoxy) is 1. The van der Waals surface area contributed by atoms with Gasteiger partial charge in [0.1, 0.15) is 23.4 Å². The second kappa shape index (κ2) is 8.26. The summed E-state index contributed by atoms with van der Waals surface area (Å²) >= 11 is 3.23. The fourth-order valence-electron chi connectivity index (χ4n) is 1.94. The smallest absolute Gasteiger partial charge is 0.407 e. The maximum Gasteiger partial charge on any atom is 0.407 e. The van der Waals surface area contributed by atoms with Crippen LogP contribution in [0.1, 0.15) is 20.8 Å². The molecule has 0 aliphatic rings.